The Morgan fingerprint density at radius 3 is 2.63 bits per heavy atom. The molecule has 4 rings (SSSR count). The van der Waals surface area contributed by atoms with Gasteiger partial charge in [0.05, 0.1) is 19.9 Å². The minimum Gasteiger partial charge on any atom is -0.497 e. The van der Waals surface area contributed by atoms with Gasteiger partial charge in [0.25, 0.3) is 5.91 Å². The third-order valence-electron chi connectivity index (χ3n) is 3.93. The zero-order chi connectivity index (χ0) is 18.8. The molecule has 0 aliphatic rings. The number of hydrogen-bond donors (Lipinski definition) is 1. The van der Waals surface area contributed by atoms with E-state index < -0.39 is 0 Å². The number of hydrogen-bond acceptors (Lipinski definition) is 7. The highest BCUT2D eigenvalue weighted by Gasteiger charge is 2.14. The van der Waals surface area contributed by atoms with Gasteiger partial charge in [0.15, 0.2) is 0 Å². The van der Waals surface area contributed by atoms with E-state index in [1.807, 2.05) is 12.1 Å². The molecule has 0 saturated carbocycles. The number of carbonyl (C=O) groups is 1. The van der Waals surface area contributed by atoms with Gasteiger partial charge in [-0.2, -0.15) is 9.61 Å². The van der Waals surface area contributed by atoms with Crippen molar-refractivity contribution < 1.29 is 14.3 Å². The number of amides is 1. The van der Waals surface area contributed by atoms with E-state index in [2.05, 4.69) is 20.6 Å². The van der Waals surface area contributed by atoms with Crippen molar-refractivity contribution in [3.63, 3.8) is 0 Å². The number of fused-ring (bicyclic) bond motifs is 1. The molecule has 0 spiro atoms. The number of rotatable bonds is 5. The van der Waals surface area contributed by atoms with Crippen LogP contribution in [0.4, 0.5) is 5.69 Å². The Labute approximate surface area is 158 Å². The highest BCUT2D eigenvalue weighted by Crippen LogP contribution is 2.32. The molecule has 2 heterocycles. The highest BCUT2D eigenvalue weighted by molar-refractivity contribution is 7.19. The summed E-state index contributed by atoms with van der Waals surface area (Å²) in [4.78, 5) is 13.3. The molecule has 4 aromatic rings. The summed E-state index contributed by atoms with van der Waals surface area (Å²) in [5.74, 6) is 1.00. The number of nitrogens with zero attached hydrogens (tertiary/aromatic N) is 4. The van der Waals surface area contributed by atoms with Crippen molar-refractivity contribution in [2.75, 3.05) is 19.5 Å². The number of anilines is 1. The minimum absolute atomic E-state index is 0.244. The van der Waals surface area contributed by atoms with Crippen LogP contribution in [0.2, 0.25) is 0 Å². The van der Waals surface area contributed by atoms with Crippen molar-refractivity contribution in [3.05, 3.63) is 54.4 Å². The highest BCUT2D eigenvalue weighted by atomic mass is 32.1. The zero-order valence-corrected chi connectivity index (χ0v) is 15.4. The molecule has 1 amide bonds. The van der Waals surface area contributed by atoms with Gasteiger partial charge < -0.3 is 14.8 Å². The molecule has 8 nitrogen and oxygen atoms in total. The van der Waals surface area contributed by atoms with Crippen molar-refractivity contribution in [1.29, 1.82) is 0 Å². The summed E-state index contributed by atoms with van der Waals surface area (Å²) < 4.78 is 12.1. The summed E-state index contributed by atoms with van der Waals surface area (Å²) in [6.45, 7) is 0. The smallest absolute Gasteiger partial charge is 0.255 e. The molecule has 0 atom stereocenters. The second-order valence-corrected chi connectivity index (χ2v) is 6.52. The molecule has 136 valence electrons. The topological polar surface area (TPSA) is 90.6 Å². The zero-order valence-electron chi connectivity index (χ0n) is 14.5. The number of methoxy groups -OCH3 is 2. The Bertz CT molecular complexity index is 1080. The Hall–Kier alpha value is -3.46. The Kier molecular flexibility index (Phi) is 4.43. The Morgan fingerprint density at radius 2 is 1.93 bits per heavy atom. The largest absolute Gasteiger partial charge is 0.497 e. The van der Waals surface area contributed by atoms with Crippen LogP contribution >= 0.6 is 11.3 Å². The van der Waals surface area contributed by atoms with Crippen LogP contribution in [0.3, 0.4) is 0 Å². The van der Waals surface area contributed by atoms with Crippen LogP contribution in [0.1, 0.15) is 10.4 Å². The number of aromatic nitrogens is 4. The molecular formula is C18H15N5O3S. The predicted molar refractivity (Wildman–Crippen MR) is 102 cm³/mol. The summed E-state index contributed by atoms with van der Waals surface area (Å²) >= 11 is 1.41. The fraction of sp³-hybridized carbons (Fsp3) is 0.111. The van der Waals surface area contributed by atoms with Crippen LogP contribution in [-0.2, 0) is 0 Å². The molecule has 0 aliphatic carbocycles. The van der Waals surface area contributed by atoms with Crippen molar-refractivity contribution >= 4 is 27.9 Å². The van der Waals surface area contributed by atoms with Crippen LogP contribution in [0.5, 0.6) is 11.5 Å². The molecule has 0 radical (unpaired) electrons. The summed E-state index contributed by atoms with van der Waals surface area (Å²) in [6, 6.07) is 12.4. The third-order valence-corrected chi connectivity index (χ3v) is 4.90. The lowest BCUT2D eigenvalue weighted by molar-refractivity contribution is 0.102. The van der Waals surface area contributed by atoms with Gasteiger partial charge in [-0.3, -0.25) is 4.79 Å². The second kappa shape index (κ2) is 7.04. The molecule has 1 N–H and O–H groups in total. The number of ether oxygens (including phenoxy) is 2. The average Bonchev–Trinajstić information content (AvgIpc) is 3.30. The molecule has 2 aromatic carbocycles. The minimum atomic E-state index is -0.244. The lowest BCUT2D eigenvalue weighted by atomic mass is 10.1. The van der Waals surface area contributed by atoms with E-state index in [1.165, 1.54) is 11.3 Å². The maximum absolute atomic E-state index is 12.6. The molecular weight excluding hydrogens is 366 g/mol. The molecule has 9 heteroatoms. The van der Waals surface area contributed by atoms with Crippen molar-refractivity contribution in [2.24, 2.45) is 0 Å². The van der Waals surface area contributed by atoms with Crippen LogP contribution in [-0.4, -0.2) is 39.9 Å². The van der Waals surface area contributed by atoms with E-state index in [0.29, 0.717) is 27.7 Å². The molecule has 0 fully saturated rings. The van der Waals surface area contributed by atoms with Crippen molar-refractivity contribution in [2.45, 2.75) is 0 Å². The standard InChI is InChI=1S/C18H15N5O3S/c1-25-13-6-3-11(4-7-13)16(24)20-14-9-12(5-8-15(14)26-2)17-22-23-10-19-21-18(23)27-17/h3-10H,1-2H3,(H,20,24). The van der Waals surface area contributed by atoms with Crippen molar-refractivity contribution in [3.8, 4) is 22.1 Å². The Balaban J connectivity index is 1.64. The van der Waals surface area contributed by atoms with E-state index in [0.717, 1.165) is 10.6 Å². The van der Waals surface area contributed by atoms with Crippen LogP contribution in [0.15, 0.2) is 48.8 Å². The normalized spacial score (nSPS) is 10.7. The van der Waals surface area contributed by atoms with Gasteiger partial charge in [-0.25, -0.2) is 0 Å². The number of carbonyl (C=O) groups excluding carboxylic acids is 1. The van der Waals surface area contributed by atoms with Crippen LogP contribution in [0.25, 0.3) is 15.5 Å². The maximum Gasteiger partial charge on any atom is 0.255 e. The first-order valence-corrected chi connectivity index (χ1v) is 8.80. The molecule has 0 bridgehead atoms. The molecule has 2 aromatic heterocycles. The predicted octanol–water partition coefficient (Wildman–Crippen LogP) is 3.12. The fourth-order valence-electron chi connectivity index (χ4n) is 2.55. The monoisotopic (exact) mass is 381 g/mol. The van der Waals surface area contributed by atoms with Gasteiger partial charge >= 0.3 is 0 Å². The van der Waals surface area contributed by atoms with E-state index in [9.17, 15) is 4.79 Å². The molecule has 27 heavy (non-hydrogen) atoms. The van der Waals surface area contributed by atoms with Gasteiger partial charge in [0, 0.05) is 11.1 Å². The fourth-order valence-corrected chi connectivity index (χ4v) is 3.37. The summed E-state index contributed by atoms with van der Waals surface area (Å²) in [5.41, 5.74) is 1.92. The van der Waals surface area contributed by atoms with Crippen LogP contribution in [0, 0.1) is 0 Å². The first-order valence-electron chi connectivity index (χ1n) is 7.98. The van der Waals surface area contributed by atoms with Gasteiger partial charge in [-0.1, -0.05) is 11.3 Å². The maximum atomic E-state index is 12.6. The average molecular weight is 381 g/mol. The third kappa shape index (κ3) is 3.32. The lowest BCUT2D eigenvalue weighted by Gasteiger charge is -2.11. The molecule has 0 saturated heterocycles. The number of nitrogens with one attached hydrogen (secondary N) is 1. The van der Waals surface area contributed by atoms with E-state index in [-0.39, 0.29) is 5.91 Å². The second-order valence-electron chi connectivity index (χ2n) is 5.56. The summed E-state index contributed by atoms with van der Waals surface area (Å²) in [6.07, 6.45) is 1.55. The van der Waals surface area contributed by atoms with E-state index in [4.69, 9.17) is 9.47 Å². The summed E-state index contributed by atoms with van der Waals surface area (Å²) in [7, 11) is 3.14. The van der Waals surface area contributed by atoms with Crippen LogP contribution < -0.4 is 14.8 Å². The van der Waals surface area contributed by atoms with Gasteiger partial charge in [0.2, 0.25) is 4.96 Å². The van der Waals surface area contributed by atoms with E-state index in [1.54, 1.807) is 55.4 Å². The molecule has 0 unspecified atom stereocenters. The lowest BCUT2D eigenvalue weighted by Crippen LogP contribution is -2.12. The first kappa shape index (κ1) is 17.0. The molecule has 0 aliphatic heterocycles. The van der Waals surface area contributed by atoms with E-state index >= 15 is 0 Å². The Morgan fingerprint density at radius 1 is 1.11 bits per heavy atom. The van der Waals surface area contributed by atoms with Gasteiger partial charge in [-0.05, 0) is 42.5 Å². The SMILES string of the molecule is COc1ccc(C(=O)Nc2cc(-c3nn4cnnc4s3)ccc2OC)cc1. The van der Waals surface area contributed by atoms with Gasteiger partial charge in [-0.15, -0.1) is 10.2 Å². The summed E-state index contributed by atoms with van der Waals surface area (Å²) in [5, 5.41) is 15.9. The van der Waals surface area contributed by atoms with Crippen molar-refractivity contribution in [1.82, 2.24) is 19.8 Å². The first-order chi connectivity index (χ1) is 13.2. The van der Waals surface area contributed by atoms with Gasteiger partial charge in [0.1, 0.15) is 22.8 Å². The number of benzene rings is 2. The quantitative estimate of drug-likeness (QED) is 0.571.